The van der Waals surface area contributed by atoms with Gasteiger partial charge >= 0.3 is 5.97 Å². The third-order valence-electron chi connectivity index (χ3n) is 9.36. The van der Waals surface area contributed by atoms with Crippen molar-refractivity contribution >= 4 is 23.4 Å². The average Bonchev–Trinajstić information content (AvgIpc) is 3.39. The first kappa shape index (κ1) is 20.5. The summed E-state index contributed by atoms with van der Waals surface area (Å²) < 4.78 is 5.42. The number of nitriles is 1. The molecule has 1 aromatic carbocycles. The van der Waals surface area contributed by atoms with Crippen molar-refractivity contribution < 1.29 is 9.53 Å². The Labute approximate surface area is 203 Å². The van der Waals surface area contributed by atoms with Crippen molar-refractivity contribution in [1.82, 2.24) is 9.88 Å². The number of nitrogens with zero attached hydrogens (tertiary/aromatic N) is 3. The normalized spacial score (nSPS) is 38.7. The predicted molar refractivity (Wildman–Crippen MR) is 129 cm³/mol. The number of esters is 1. The quantitative estimate of drug-likeness (QED) is 0.682. The second-order valence-electron chi connectivity index (χ2n) is 10.2. The first-order valence-corrected chi connectivity index (χ1v) is 12.9. The van der Waals surface area contributed by atoms with Gasteiger partial charge in [0.25, 0.3) is 0 Å². The first-order valence-electron chi connectivity index (χ1n) is 12.0. The van der Waals surface area contributed by atoms with Gasteiger partial charge in [-0.25, -0.2) is 9.78 Å². The zero-order valence-electron chi connectivity index (χ0n) is 19.1. The van der Waals surface area contributed by atoms with Gasteiger partial charge in [0.1, 0.15) is 5.54 Å². The molecule has 6 aliphatic rings. The summed E-state index contributed by atoms with van der Waals surface area (Å²) in [5, 5.41) is 16.0. The number of methoxy groups -OCH3 is 1. The maximum atomic E-state index is 13.5. The van der Waals surface area contributed by atoms with Gasteiger partial charge < -0.3 is 10.1 Å². The molecular weight excluding hydrogens is 444 g/mol. The van der Waals surface area contributed by atoms with E-state index >= 15 is 0 Å². The number of fused-ring (bicyclic) bond motifs is 2. The van der Waals surface area contributed by atoms with Gasteiger partial charge in [0.05, 0.1) is 34.7 Å². The van der Waals surface area contributed by atoms with Gasteiger partial charge in [-0.2, -0.15) is 5.26 Å². The fourth-order valence-corrected chi connectivity index (χ4v) is 10.0. The number of aromatic nitrogens is 1. The second kappa shape index (κ2) is 6.65. The molecule has 8 rings (SSSR count). The minimum Gasteiger partial charge on any atom is -0.466 e. The summed E-state index contributed by atoms with van der Waals surface area (Å²) in [7, 11) is 1.47. The molecule has 5 atom stereocenters. The molecule has 0 unspecified atom stereocenters. The van der Waals surface area contributed by atoms with Crippen molar-refractivity contribution in [3.05, 3.63) is 65.9 Å². The molecule has 0 amide bonds. The van der Waals surface area contributed by atoms with Crippen molar-refractivity contribution in [3.63, 3.8) is 0 Å². The third kappa shape index (κ3) is 1.98. The Morgan fingerprint density at radius 1 is 1.24 bits per heavy atom. The molecule has 7 heteroatoms. The summed E-state index contributed by atoms with van der Waals surface area (Å²) in [6, 6.07) is 17.3. The van der Waals surface area contributed by atoms with Gasteiger partial charge in [-0.1, -0.05) is 30.3 Å². The molecule has 2 aromatic rings. The second-order valence-corrected chi connectivity index (χ2v) is 11.5. The van der Waals surface area contributed by atoms with Crippen LogP contribution in [0.3, 0.4) is 0 Å². The lowest BCUT2D eigenvalue weighted by Gasteiger charge is -2.71. The number of piperidine rings is 1. The lowest BCUT2D eigenvalue weighted by atomic mass is 9.37. The van der Waals surface area contributed by atoms with Gasteiger partial charge in [-0.3, -0.25) is 4.90 Å². The highest BCUT2D eigenvalue weighted by atomic mass is 32.2. The molecule has 2 bridgehead atoms. The van der Waals surface area contributed by atoms with Crippen LogP contribution in [0.2, 0.25) is 0 Å². The molecule has 34 heavy (non-hydrogen) atoms. The van der Waals surface area contributed by atoms with Gasteiger partial charge in [0, 0.05) is 29.1 Å². The van der Waals surface area contributed by atoms with E-state index < -0.39 is 21.9 Å². The van der Waals surface area contributed by atoms with Gasteiger partial charge in [0.15, 0.2) is 0 Å². The van der Waals surface area contributed by atoms with Gasteiger partial charge in [-0.05, 0) is 56.0 Å². The molecule has 1 aromatic heterocycles. The van der Waals surface area contributed by atoms with Crippen LogP contribution in [0.5, 0.6) is 0 Å². The number of benzene rings is 1. The summed E-state index contributed by atoms with van der Waals surface area (Å²) in [4.78, 5) is 20.6. The molecule has 6 nitrogen and oxygen atoms in total. The van der Waals surface area contributed by atoms with Gasteiger partial charge in [-0.15, -0.1) is 11.8 Å². The van der Waals surface area contributed by atoms with Crippen molar-refractivity contribution in [2.45, 2.75) is 52.5 Å². The monoisotopic (exact) mass is 470 g/mol. The molecule has 3 aliphatic heterocycles. The van der Waals surface area contributed by atoms with Crippen LogP contribution < -0.4 is 5.32 Å². The number of nitrogens with one attached hydrogen (secondary N) is 1. The van der Waals surface area contributed by atoms with E-state index in [2.05, 4.69) is 45.5 Å². The van der Waals surface area contributed by atoms with E-state index in [0.717, 1.165) is 49.5 Å². The molecule has 3 aliphatic carbocycles. The number of carbonyl (C=O) groups excluding carboxylic acids is 1. The number of carbonyl (C=O) groups is 1. The van der Waals surface area contributed by atoms with E-state index in [1.807, 2.05) is 30.5 Å². The SMILES string of the molecule is COC(=O)C1=C[C@@]23CCCN4CC[C@@]5(c6ccccc6N[C@]15[C@H](Sc1ccccn1)C2)[C@@]43C#N. The van der Waals surface area contributed by atoms with E-state index in [9.17, 15) is 10.1 Å². The average molecular weight is 471 g/mol. The molecule has 0 radical (unpaired) electrons. The fraction of sp³-hybridized carbons (Fsp3) is 0.444. The molecule has 1 N–H and O–H groups in total. The van der Waals surface area contributed by atoms with Crippen LogP contribution in [-0.2, 0) is 14.9 Å². The zero-order chi connectivity index (χ0) is 23.2. The number of rotatable bonds is 3. The number of para-hydroxylation sites is 1. The van der Waals surface area contributed by atoms with E-state index in [-0.39, 0.29) is 11.2 Å². The van der Waals surface area contributed by atoms with Crippen LogP contribution in [0.4, 0.5) is 5.69 Å². The summed E-state index contributed by atoms with van der Waals surface area (Å²) in [5.41, 5.74) is 0.476. The fourth-order valence-electron chi connectivity index (χ4n) is 8.50. The molecule has 1 saturated carbocycles. The van der Waals surface area contributed by atoms with Gasteiger partial charge in [0.2, 0.25) is 0 Å². The Morgan fingerprint density at radius 3 is 2.88 bits per heavy atom. The van der Waals surface area contributed by atoms with E-state index in [4.69, 9.17) is 4.74 Å². The van der Waals surface area contributed by atoms with E-state index in [1.54, 1.807) is 11.8 Å². The minimum absolute atomic E-state index is 0.0217. The van der Waals surface area contributed by atoms with Crippen LogP contribution in [0.1, 0.15) is 31.2 Å². The van der Waals surface area contributed by atoms with E-state index in [0.29, 0.717) is 5.57 Å². The van der Waals surface area contributed by atoms with Crippen LogP contribution in [0.15, 0.2) is 65.3 Å². The van der Waals surface area contributed by atoms with Crippen molar-refractivity contribution in [2.75, 3.05) is 25.5 Å². The molecule has 3 spiro atoms. The lowest BCUT2D eigenvalue weighted by molar-refractivity contribution is -0.140. The predicted octanol–water partition coefficient (Wildman–Crippen LogP) is 3.91. The van der Waals surface area contributed by atoms with Crippen molar-refractivity contribution in [3.8, 4) is 6.07 Å². The number of thioether (sulfide) groups is 1. The summed E-state index contributed by atoms with van der Waals surface area (Å²) in [5.74, 6) is -0.291. The molecule has 4 heterocycles. The number of anilines is 1. The molecular formula is C27H26N4O2S. The standard InChI is InChI=1S/C27H26N4O2S/c1-33-23(32)19-15-24-10-6-13-31-14-11-25(26(24,31)17-28)18-7-2-3-8-20(18)30-27(19,25)21(16-24)34-22-9-4-5-12-29-22/h2-5,7-9,12,15,21,30H,6,10-11,13-14,16H2,1H3/t21-,24+,25-,26+,27+/m1/s1. The van der Waals surface area contributed by atoms with Crippen LogP contribution in [0, 0.1) is 16.7 Å². The van der Waals surface area contributed by atoms with Crippen LogP contribution >= 0.6 is 11.8 Å². The Bertz CT molecular complexity index is 1290. The summed E-state index contributed by atoms with van der Waals surface area (Å²) >= 11 is 1.74. The molecule has 2 saturated heterocycles. The zero-order valence-corrected chi connectivity index (χ0v) is 19.9. The van der Waals surface area contributed by atoms with E-state index in [1.165, 1.54) is 12.7 Å². The van der Waals surface area contributed by atoms with Crippen molar-refractivity contribution in [1.29, 1.82) is 5.26 Å². The third-order valence-corrected chi connectivity index (χ3v) is 10.6. The maximum absolute atomic E-state index is 13.5. The van der Waals surface area contributed by atoms with Crippen molar-refractivity contribution in [2.24, 2.45) is 5.41 Å². The highest BCUT2D eigenvalue weighted by Gasteiger charge is 2.86. The summed E-state index contributed by atoms with van der Waals surface area (Å²) in [6.45, 7) is 1.78. The maximum Gasteiger partial charge on any atom is 0.335 e. The topological polar surface area (TPSA) is 78.2 Å². The molecule has 3 fully saturated rings. The van der Waals surface area contributed by atoms with Crippen LogP contribution in [-0.4, -0.2) is 52.4 Å². The highest BCUT2D eigenvalue weighted by molar-refractivity contribution is 8.00. The smallest absolute Gasteiger partial charge is 0.335 e. The minimum atomic E-state index is -0.754. The lowest BCUT2D eigenvalue weighted by Crippen LogP contribution is -2.82. The largest absolute Gasteiger partial charge is 0.466 e. The Balaban J connectivity index is 1.58. The molecule has 172 valence electrons. The Morgan fingerprint density at radius 2 is 2.09 bits per heavy atom. The number of ether oxygens (including phenoxy) is 1. The number of pyridine rings is 1. The summed E-state index contributed by atoms with van der Waals surface area (Å²) in [6.07, 6.45) is 7.55. The highest BCUT2D eigenvalue weighted by Crippen LogP contribution is 2.78. The Kier molecular flexibility index (Phi) is 4.02. The number of hydrogen-bond acceptors (Lipinski definition) is 7. The first-order chi connectivity index (χ1) is 16.6. The Hall–Kier alpha value is -2.82. The van der Waals surface area contributed by atoms with Crippen LogP contribution in [0.25, 0.3) is 0 Å². The number of hydrogen-bond donors (Lipinski definition) is 1.